The van der Waals surface area contributed by atoms with Crippen LogP contribution in [0.1, 0.15) is 12.8 Å². The van der Waals surface area contributed by atoms with Gasteiger partial charge in [-0.3, -0.25) is 0 Å². The number of anilines is 1. The summed E-state index contributed by atoms with van der Waals surface area (Å²) in [6, 6.07) is 3.02. The zero-order valence-electron chi connectivity index (χ0n) is 18.4. The lowest BCUT2D eigenvalue weighted by atomic mass is 9.95. The van der Waals surface area contributed by atoms with Gasteiger partial charge in [0.15, 0.2) is 11.6 Å². The summed E-state index contributed by atoms with van der Waals surface area (Å²) >= 11 is 0. The summed E-state index contributed by atoms with van der Waals surface area (Å²) in [7, 11) is 0. The highest BCUT2D eigenvalue weighted by molar-refractivity contribution is 5.88. The maximum atomic E-state index is 15.2. The van der Waals surface area contributed by atoms with Crippen molar-refractivity contribution in [1.29, 1.82) is 0 Å². The van der Waals surface area contributed by atoms with E-state index in [-0.39, 0.29) is 61.0 Å². The molecule has 0 aromatic heterocycles. The number of halogens is 5. The first-order chi connectivity index (χ1) is 15.8. The summed E-state index contributed by atoms with van der Waals surface area (Å²) < 4.78 is 55.0. The van der Waals surface area contributed by atoms with Gasteiger partial charge in [0.25, 0.3) is 0 Å². The number of dihydropyridines is 1. The number of carbonyl (C=O) groups is 1. The summed E-state index contributed by atoms with van der Waals surface area (Å²) in [6.07, 6.45) is 2.06. The number of carboxylic acids is 1. The number of nitrogens with two attached hydrogens (primary N) is 1. The van der Waals surface area contributed by atoms with Crippen molar-refractivity contribution in [3.8, 4) is 0 Å². The Balaban J connectivity index is 0.00000171. The van der Waals surface area contributed by atoms with Crippen molar-refractivity contribution in [3.63, 3.8) is 0 Å². The summed E-state index contributed by atoms with van der Waals surface area (Å²) in [4.78, 5) is 14.7. The molecule has 5 rings (SSSR count). The number of hydrogen-bond donors (Lipinski definition) is 3. The molecule has 3 unspecified atom stereocenters. The smallest absolute Gasteiger partial charge is 0.333 e. The molecule has 1 spiro atoms. The standard InChI is InChI=1S/C22H23F3N4O4.2ClH/c23-14-1-2-18(16(24)7-14)29-9-13(21(30)31)5-12-6-17(25)20(27-19(12)29)28-4-3-22(11-28)32-10-15(8-26)33-22;;/h1-2,6-7,9,15,19,27H,3-5,8,10-11,26H2,(H,30,31);2*1H. The number of likely N-dealkylation sites (tertiary alicyclic amines) is 1. The van der Waals surface area contributed by atoms with Crippen LogP contribution in [0.3, 0.4) is 0 Å². The van der Waals surface area contributed by atoms with E-state index in [1.54, 1.807) is 4.90 Å². The molecule has 192 valence electrons. The highest BCUT2D eigenvalue weighted by Gasteiger charge is 2.48. The molecule has 4 heterocycles. The Morgan fingerprint density at radius 2 is 2.06 bits per heavy atom. The predicted octanol–water partition coefficient (Wildman–Crippen LogP) is 2.76. The molecule has 35 heavy (non-hydrogen) atoms. The third-order valence-electron chi connectivity index (χ3n) is 6.28. The van der Waals surface area contributed by atoms with E-state index in [1.165, 1.54) is 23.2 Å². The Morgan fingerprint density at radius 3 is 2.71 bits per heavy atom. The van der Waals surface area contributed by atoms with Gasteiger partial charge in [-0.2, -0.15) is 0 Å². The second-order valence-corrected chi connectivity index (χ2v) is 8.47. The maximum absolute atomic E-state index is 15.2. The van der Waals surface area contributed by atoms with Gasteiger partial charge in [-0.25, -0.2) is 18.0 Å². The van der Waals surface area contributed by atoms with Crippen LogP contribution in [0, 0.1) is 11.6 Å². The van der Waals surface area contributed by atoms with Gasteiger partial charge >= 0.3 is 5.97 Å². The lowest BCUT2D eigenvalue weighted by Gasteiger charge is -2.41. The predicted molar refractivity (Wildman–Crippen MR) is 126 cm³/mol. The minimum atomic E-state index is -1.21. The van der Waals surface area contributed by atoms with Crippen LogP contribution in [0.4, 0.5) is 18.9 Å². The monoisotopic (exact) mass is 536 g/mol. The highest BCUT2D eigenvalue weighted by atomic mass is 35.5. The first-order valence-electron chi connectivity index (χ1n) is 10.6. The fraction of sp³-hybridized carbons (Fsp3) is 0.409. The Kier molecular flexibility index (Phi) is 7.97. The molecule has 0 saturated carbocycles. The van der Waals surface area contributed by atoms with Crippen molar-refractivity contribution >= 4 is 36.5 Å². The first-order valence-corrected chi connectivity index (χ1v) is 10.6. The van der Waals surface area contributed by atoms with Gasteiger partial charge in [0, 0.05) is 38.2 Å². The third kappa shape index (κ3) is 4.96. The fourth-order valence-electron chi connectivity index (χ4n) is 4.67. The molecule has 4 N–H and O–H groups in total. The van der Waals surface area contributed by atoms with Crippen molar-refractivity contribution in [1.82, 2.24) is 10.2 Å². The van der Waals surface area contributed by atoms with Crippen molar-refractivity contribution < 1.29 is 32.5 Å². The van der Waals surface area contributed by atoms with Gasteiger partial charge in [0.1, 0.15) is 23.6 Å². The van der Waals surface area contributed by atoms with Crippen LogP contribution < -0.4 is 16.0 Å². The summed E-state index contributed by atoms with van der Waals surface area (Å²) in [6.45, 7) is 1.41. The minimum absolute atomic E-state index is 0. The van der Waals surface area contributed by atoms with E-state index in [1.807, 2.05) is 0 Å². The molecule has 2 saturated heterocycles. The first kappa shape index (κ1) is 27.2. The molecule has 13 heteroatoms. The number of nitrogens with one attached hydrogen (secondary N) is 1. The number of ether oxygens (including phenoxy) is 2. The molecule has 1 aromatic carbocycles. The molecule has 3 atom stereocenters. The van der Waals surface area contributed by atoms with Gasteiger partial charge in [0.05, 0.1) is 30.5 Å². The summed E-state index contributed by atoms with van der Waals surface area (Å²) in [5.41, 5.74) is 6.00. The Labute approximate surface area is 212 Å². The number of allylic oxidation sites excluding steroid dienone is 2. The Bertz CT molecular complexity index is 1100. The van der Waals surface area contributed by atoms with Crippen LogP contribution in [0.15, 0.2) is 53.3 Å². The average molecular weight is 537 g/mol. The van der Waals surface area contributed by atoms with Crippen LogP contribution >= 0.6 is 24.8 Å². The molecule has 1 aromatic rings. The molecular weight excluding hydrogens is 512 g/mol. The van der Waals surface area contributed by atoms with Crippen LogP contribution in [-0.4, -0.2) is 60.3 Å². The van der Waals surface area contributed by atoms with Crippen LogP contribution in [0.5, 0.6) is 0 Å². The van der Waals surface area contributed by atoms with E-state index in [4.69, 9.17) is 15.2 Å². The Morgan fingerprint density at radius 1 is 1.29 bits per heavy atom. The van der Waals surface area contributed by atoms with E-state index in [9.17, 15) is 18.7 Å². The Hall–Kier alpha value is -2.44. The fourth-order valence-corrected chi connectivity index (χ4v) is 4.67. The SMILES string of the molecule is Cl.Cl.NCC1COC2(CCN(C3=C(F)C=C4CC(C(=O)O)=CN(c5ccc(F)cc5F)C4N3)C2)O1. The van der Waals surface area contributed by atoms with E-state index in [2.05, 4.69) is 5.32 Å². The normalized spacial score (nSPS) is 27.5. The van der Waals surface area contributed by atoms with E-state index in [0.29, 0.717) is 37.8 Å². The number of fused-ring (bicyclic) bond motifs is 1. The number of benzene rings is 1. The van der Waals surface area contributed by atoms with Crippen molar-refractivity contribution in [3.05, 3.63) is 64.9 Å². The molecule has 8 nitrogen and oxygen atoms in total. The molecular formula is C22H25Cl2F3N4O4. The molecule has 2 fully saturated rings. The zero-order chi connectivity index (χ0) is 23.3. The second kappa shape index (κ2) is 10.3. The van der Waals surface area contributed by atoms with Gasteiger partial charge < -0.3 is 35.4 Å². The van der Waals surface area contributed by atoms with Gasteiger partial charge in [0.2, 0.25) is 0 Å². The van der Waals surface area contributed by atoms with E-state index >= 15 is 4.39 Å². The number of rotatable bonds is 4. The maximum Gasteiger partial charge on any atom is 0.333 e. The molecule has 0 aliphatic carbocycles. The van der Waals surface area contributed by atoms with Crippen molar-refractivity contribution in [2.75, 3.05) is 31.1 Å². The lowest BCUT2D eigenvalue weighted by molar-refractivity contribution is -0.154. The highest BCUT2D eigenvalue weighted by Crippen LogP contribution is 2.39. The average Bonchev–Trinajstić information content (AvgIpc) is 3.39. The minimum Gasteiger partial charge on any atom is -0.478 e. The molecule has 0 amide bonds. The second-order valence-electron chi connectivity index (χ2n) is 8.47. The molecule has 4 aliphatic heterocycles. The summed E-state index contributed by atoms with van der Waals surface area (Å²) in [5, 5.41) is 12.6. The number of aliphatic carboxylic acids is 1. The zero-order valence-corrected chi connectivity index (χ0v) is 20.0. The van der Waals surface area contributed by atoms with Gasteiger partial charge in [-0.15, -0.1) is 24.8 Å². The van der Waals surface area contributed by atoms with Crippen LogP contribution in [-0.2, 0) is 14.3 Å². The molecule has 4 aliphatic rings. The molecule has 0 radical (unpaired) electrons. The van der Waals surface area contributed by atoms with E-state index < -0.39 is 35.4 Å². The number of carboxylic acid groups (broad SMARTS) is 1. The van der Waals surface area contributed by atoms with Gasteiger partial charge in [-0.05, 0) is 23.8 Å². The quantitative estimate of drug-likeness (QED) is 0.540. The van der Waals surface area contributed by atoms with Crippen molar-refractivity contribution in [2.24, 2.45) is 5.73 Å². The van der Waals surface area contributed by atoms with E-state index in [0.717, 1.165) is 6.07 Å². The number of hydrogen-bond acceptors (Lipinski definition) is 7. The lowest BCUT2D eigenvalue weighted by Crippen LogP contribution is -2.52. The largest absolute Gasteiger partial charge is 0.478 e. The van der Waals surface area contributed by atoms with Crippen molar-refractivity contribution in [2.45, 2.75) is 30.9 Å². The topological polar surface area (TPSA) is 100 Å². The van der Waals surface area contributed by atoms with Crippen LogP contribution in [0.25, 0.3) is 0 Å². The van der Waals surface area contributed by atoms with Crippen LogP contribution in [0.2, 0.25) is 0 Å². The third-order valence-corrected chi connectivity index (χ3v) is 6.28. The van der Waals surface area contributed by atoms with Gasteiger partial charge in [-0.1, -0.05) is 0 Å². The molecule has 0 bridgehead atoms. The summed E-state index contributed by atoms with van der Waals surface area (Å²) in [5.74, 6) is -4.10. The number of nitrogens with zero attached hydrogens (tertiary/aromatic N) is 2.